The molecule has 0 saturated carbocycles. The first kappa shape index (κ1) is 19.4. The topological polar surface area (TPSA) is 101 Å². The van der Waals surface area contributed by atoms with Crippen LogP contribution in [0.15, 0.2) is 52.4 Å². The normalized spacial score (nSPS) is 10.8. The number of benzene rings is 2. The number of hydrazone groups is 1. The monoisotopic (exact) mass is 399 g/mol. The van der Waals surface area contributed by atoms with Gasteiger partial charge in [-0.2, -0.15) is 15.2 Å². The Bertz CT molecular complexity index is 1050. The Hall–Kier alpha value is -3.39. The van der Waals surface area contributed by atoms with Crippen LogP contribution in [0.5, 0.6) is 11.5 Å². The molecule has 3 aromatic rings. The number of methoxy groups -OCH3 is 1. The van der Waals surface area contributed by atoms with Crippen molar-refractivity contribution < 1.29 is 9.47 Å². The largest absolute Gasteiger partial charge is 0.493 e. The number of aromatic nitrogens is 3. The first-order valence-corrected chi connectivity index (χ1v) is 8.72. The third-order valence-electron chi connectivity index (χ3n) is 3.81. The maximum atomic E-state index is 11.3. The van der Waals surface area contributed by atoms with Gasteiger partial charge in [0.05, 0.1) is 13.3 Å². The number of ether oxygens (including phenoxy) is 2. The third-order valence-corrected chi connectivity index (χ3v) is 4.18. The minimum atomic E-state index is -0.562. The molecule has 9 heteroatoms. The van der Waals surface area contributed by atoms with Crippen LogP contribution in [-0.4, -0.2) is 28.5 Å². The molecule has 0 atom stereocenters. The summed E-state index contributed by atoms with van der Waals surface area (Å²) < 4.78 is 11.4. The maximum absolute atomic E-state index is 11.3. The number of H-pyrrole nitrogens is 1. The summed E-state index contributed by atoms with van der Waals surface area (Å²) in [6.45, 7) is 1.97. The molecule has 3 rings (SSSR count). The molecule has 0 amide bonds. The van der Waals surface area contributed by atoms with Crippen molar-refractivity contribution in [3.05, 3.63) is 74.8 Å². The van der Waals surface area contributed by atoms with Crippen LogP contribution >= 0.6 is 11.6 Å². The summed E-state index contributed by atoms with van der Waals surface area (Å²) in [6, 6.07) is 12.9. The van der Waals surface area contributed by atoms with Crippen LogP contribution in [0.2, 0.25) is 5.02 Å². The smallest absolute Gasteiger partial charge is 0.363 e. The Kier molecular flexibility index (Phi) is 6.23. The van der Waals surface area contributed by atoms with Crippen molar-refractivity contribution in [2.24, 2.45) is 5.10 Å². The Morgan fingerprint density at radius 3 is 2.86 bits per heavy atom. The molecular weight excluding hydrogens is 382 g/mol. The lowest BCUT2D eigenvalue weighted by molar-refractivity contribution is 0.284. The van der Waals surface area contributed by atoms with Crippen molar-refractivity contribution in [2.75, 3.05) is 12.5 Å². The highest BCUT2D eigenvalue weighted by Gasteiger charge is 2.11. The van der Waals surface area contributed by atoms with E-state index in [1.807, 2.05) is 30.3 Å². The molecule has 0 radical (unpaired) electrons. The molecule has 0 bridgehead atoms. The number of hydrogen-bond donors (Lipinski definition) is 2. The van der Waals surface area contributed by atoms with Gasteiger partial charge in [-0.3, -0.25) is 5.43 Å². The van der Waals surface area contributed by atoms with Gasteiger partial charge in [0.25, 0.3) is 0 Å². The number of aromatic amines is 1. The zero-order chi connectivity index (χ0) is 19.9. The van der Waals surface area contributed by atoms with Crippen molar-refractivity contribution in [1.29, 1.82) is 0 Å². The van der Waals surface area contributed by atoms with Crippen molar-refractivity contribution in [3.63, 3.8) is 0 Å². The number of para-hydroxylation sites is 1. The summed E-state index contributed by atoms with van der Waals surface area (Å²) in [7, 11) is 1.56. The van der Waals surface area contributed by atoms with Gasteiger partial charge < -0.3 is 9.47 Å². The second kappa shape index (κ2) is 9.01. The summed E-state index contributed by atoms with van der Waals surface area (Å²) in [6.07, 6.45) is 1.55. The number of rotatable bonds is 7. The predicted molar refractivity (Wildman–Crippen MR) is 107 cm³/mol. The van der Waals surface area contributed by atoms with Crippen molar-refractivity contribution in [3.8, 4) is 11.5 Å². The van der Waals surface area contributed by atoms with E-state index in [0.29, 0.717) is 27.8 Å². The molecule has 0 aliphatic carbocycles. The van der Waals surface area contributed by atoms with E-state index in [4.69, 9.17) is 21.1 Å². The zero-order valence-corrected chi connectivity index (χ0v) is 16.0. The van der Waals surface area contributed by atoms with Crippen LogP contribution in [-0.2, 0) is 6.61 Å². The van der Waals surface area contributed by atoms with E-state index in [1.165, 1.54) is 0 Å². The molecule has 2 N–H and O–H groups in total. The average Bonchev–Trinajstić information content (AvgIpc) is 2.70. The molecule has 1 aromatic heterocycles. The van der Waals surface area contributed by atoms with Gasteiger partial charge in [-0.05, 0) is 25.1 Å². The van der Waals surface area contributed by atoms with Gasteiger partial charge in [-0.15, -0.1) is 0 Å². The van der Waals surface area contributed by atoms with Crippen molar-refractivity contribution in [2.45, 2.75) is 13.5 Å². The Morgan fingerprint density at radius 2 is 2.07 bits per heavy atom. The number of halogens is 1. The molecule has 0 fully saturated rings. The molecule has 28 heavy (non-hydrogen) atoms. The summed E-state index contributed by atoms with van der Waals surface area (Å²) in [5.74, 6) is 1.34. The van der Waals surface area contributed by atoms with E-state index in [-0.39, 0.29) is 12.4 Å². The molecule has 0 saturated heterocycles. The zero-order valence-electron chi connectivity index (χ0n) is 15.3. The van der Waals surface area contributed by atoms with Crippen LogP contribution in [0.25, 0.3) is 0 Å². The summed E-state index contributed by atoms with van der Waals surface area (Å²) >= 11 is 6.19. The maximum Gasteiger partial charge on any atom is 0.363 e. The molecule has 0 spiro atoms. The average molecular weight is 400 g/mol. The number of nitrogens with one attached hydrogen (secondary N) is 2. The van der Waals surface area contributed by atoms with Gasteiger partial charge in [-0.25, -0.2) is 9.89 Å². The molecule has 0 aliphatic heterocycles. The van der Waals surface area contributed by atoms with Gasteiger partial charge in [0.1, 0.15) is 12.3 Å². The Balaban J connectivity index is 1.81. The fraction of sp³-hybridized carbons (Fsp3) is 0.158. The van der Waals surface area contributed by atoms with Crippen molar-refractivity contribution >= 4 is 23.6 Å². The van der Waals surface area contributed by atoms with E-state index in [1.54, 1.807) is 32.4 Å². The number of anilines is 1. The van der Waals surface area contributed by atoms with Crippen LogP contribution in [0, 0.1) is 6.92 Å². The minimum Gasteiger partial charge on any atom is -0.493 e. The highest BCUT2D eigenvalue weighted by molar-refractivity contribution is 6.31. The molecule has 0 unspecified atom stereocenters. The highest BCUT2D eigenvalue weighted by atomic mass is 35.5. The summed E-state index contributed by atoms with van der Waals surface area (Å²) in [5, 5.41) is 10.8. The standard InChI is InChI=1S/C19H18ClN5O3/c1-12-18(22-19(26)25-23-12)24-21-10-13-7-5-9-16(27-2)17(13)28-11-14-6-3-4-8-15(14)20/h3-10H,11H2,1-2H3,(H2,22,24,25,26)/b21-10+. The quantitative estimate of drug-likeness (QED) is 0.467. The van der Waals surface area contributed by atoms with E-state index >= 15 is 0 Å². The van der Waals surface area contributed by atoms with E-state index in [0.717, 1.165) is 5.56 Å². The van der Waals surface area contributed by atoms with Gasteiger partial charge in [0, 0.05) is 16.1 Å². The number of nitrogens with zero attached hydrogens (tertiary/aromatic N) is 3. The first-order chi connectivity index (χ1) is 13.6. The molecule has 2 aromatic carbocycles. The van der Waals surface area contributed by atoms with Gasteiger partial charge in [-0.1, -0.05) is 35.9 Å². The van der Waals surface area contributed by atoms with Crippen molar-refractivity contribution in [1.82, 2.24) is 15.2 Å². The van der Waals surface area contributed by atoms with Gasteiger partial charge in [0.2, 0.25) is 0 Å². The van der Waals surface area contributed by atoms with Crippen LogP contribution in [0.3, 0.4) is 0 Å². The Labute approximate surface area is 166 Å². The lowest BCUT2D eigenvalue weighted by atomic mass is 10.2. The predicted octanol–water partition coefficient (Wildman–Crippen LogP) is 3.16. The number of aryl methyl sites for hydroxylation is 1. The Morgan fingerprint density at radius 1 is 1.25 bits per heavy atom. The lowest BCUT2D eigenvalue weighted by Gasteiger charge is -2.14. The molecular formula is C19H18ClN5O3. The highest BCUT2D eigenvalue weighted by Crippen LogP contribution is 2.31. The molecule has 0 aliphatic rings. The summed E-state index contributed by atoms with van der Waals surface area (Å²) in [5.41, 5.74) is 4.19. The minimum absolute atomic E-state index is 0.265. The van der Waals surface area contributed by atoms with Crippen LogP contribution in [0.1, 0.15) is 16.8 Å². The molecule has 144 valence electrons. The lowest BCUT2D eigenvalue weighted by Crippen LogP contribution is -2.15. The van der Waals surface area contributed by atoms with Crippen LogP contribution in [0.4, 0.5) is 5.82 Å². The second-order valence-corrected chi connectivity index (χ2v) is 6.11. The SMILES string of the molecule is COc1cccc(/C=N/Nc2nc(=O)[nH]nc2C)c1OCc1ccccc1Cl. The fourth-order valence-electron chi connectivity index (χ4n) is 2.38. The molecule has 1 heterocycles. The fourth-order valence-corrected chi connectivity index (χ4v) is 2.57. The molecule has 8 nitrogen and oxygen atoms in total. The van der Waals surface area contributed by atoms with Gasteiger partial charge >= 0.3 is 5.69 Å². The second-order valence-electron chi connectivity index (χ2n) is 5.70. The third kappa shape index (κ3) is 4.66. The van der Waals surface area contributed by atoms with Crippen LogP contribution < -0.4 is 20.6 Å². The first-order valence-electron chi connectivity index (χ1n) is 8.34. The van der Waals surface area contributed by atoms with E-state index < -0.39 is 5.69 Å². The summed E-state index contributed by atoms with van der Waals surface area (Å²) in [4.78, 5) is 15.1. The van der Waals surface area contributed by atoms with E-state index in [9.17, 15) is 4.79 Å². The van der Waals surface area contributed by atoms with E-state index in [2.05, 4.69) is 25.7 Å². The van der Waals surface area contributed by atoms with Gasteiger partial charge in [0.15, 0.2) is 17.3 Å². The number of hydrogen-bond acceptors (Lipinski definition) is 7.